The molecule has 0 aliphatic heterocycles. The lowest BCUT2D eigenvalue weighted by molar-refractivity contribution is -0.265. The third-order valence-electron chi connectivity index (χ3n) is 2.74. The highest BCUT2D eigenvalue weighted by Gasteiger charge is 2.57. The minimum atomic E-state index is -4.61. The second-order valence-corrected chi connectivity index (χ2v) is 4.58. The van der Waals surface area contributed by atoms with E-state index >= 15 is 0 Å². The smallest absolute Gasteiger partial charge is 0.376 e. The first-order valence-electron chi connectivity index (χ1n) is 4.42. The molecule has 0 aromatic heterocycles. The summed E-state index contributed by atoms with van der Waals surface area (Å²) in [4.78, 5) is 0. The predicted octanol–water partition coefficient (Wildman–Crippen LogP) is 3.15. The number of aryl methyl sites for hydroxylation is 1. The maximum Gasteiger partial charge on any atom is 0.421 e. The van der Waals surface area contributed by atoms with Gasteiger partial charge in [0.2, 0.25) is 0 Å². The topological polar surface area (TPSA) is 20.2 Å². The van der Waals surface area contributed by atoms with E-state index < -0.39 is 11.8 Å². The zero-order valence-corrected chi connectivity index (χ0v) is 9.19. The van der Waals surface area contributed by atoms with Gasteiger partial charge < -0.3 is 5.11 Å². The molecule has 1 atom stereocenters. The van der Waals surface area contributed by atoms with Gasteiger partial charge >= 0.3 is 6.18 Å². The molecule has 15 heavy (non-hydrogen) atoms. The Hall–Kier alpha value is -0.550. The summed E-state index contributed by atoms with van der Waals surface area (Å²) in [6.45, 7) is 0. The van der Waals surface area contributed by atoms with Gasteiger partial charge in [0.1, 0.15) is 0 Å². The Labute approximate surface area is 93.0 Å². The van der Waals surface area contributed by atoms with Crippen LogP contribution in [0.5, 0.6) is 0 Å². The summed E-state index contributed by atoms with van der Waals surface area (Å²) in [5.41, 5.74) is -2.12. The highest BCUT2D eigenvalue weighted by atomic mass is 79.9. The van der Waals surface area contributed by atoms with Crippen LogP contribution in [0, 0.1) is 0 Å². The molecule has 0 heterocycles. The van der Waals surface area contributed by atoms with Crippen LogP contribution < -0.4 is 0 Å². The zero-order chi connectivity index (χ0) is 11.3. The van der Waals surface area contributed by atoms with E-state index in [1.54, 1.807) is 6.07 Å². The van der Waals surface area contributed by atoms with Gasteiger partial charge in [-0.25, -0.2) is 0 Å². The van der Waals surface area contributed by atoms with Gasteiger partial charge in [-0.1, -0.05) is 22.0 Å². The second kappa shape index (κ2) is 3.22. The number of hydrogen-bond donors (Lipinski definition) is 1. The van der Waals surface area contributed by atoms with Crippen molar-refractivity contribution in [3.05, 3.63) is 33.8 Å². The number of alkyl halides is 3. The van der Waals surface area contributed by atoms with Crippen LogP contribution in [0.4, 0.5) is 13.2 Å². The summed E-state index contributed by atoms with van der Waals surface area (Å²) in [5, 5.41) is 9.63. The van der Waals surface area contributed by atoms with Gasteiger partial charge in [-0.2, -0.15) is 13.2 Å². The number of aliphatic hydroxyl groups is 1. The molecular formula is C10H8BrF3O. The van der Waals surface area contributed by atoms with E-state index in [0.29, 0.717) is 5.56 Å². The van der Waals surface area contributed by atoms with Crippen LogP contribution in [0.3, 0.4) is 0 Å². The molecule has 0 saturated carbocycles. The van der Waals surface area contributed by atoms with Gasteiger partial charge in [0.05, 0.1) is 0 Å². The van der Waals surface area contributed by atoms with E-state index in [9.17, 15) is 18.3 Å². The Morgan fingerprint density at radius 1 is 1.33 bits per heavy atom. The second-order valence-electron chi connectivity index (χ2n) is 3.66. The minimum Gasteiger partial charge on any atom is -0.376 e. The molecule has 1 aliphatic carbocycles. The molecule has 1 N–H and O–H groups in total. The van der Waals surface area contributed by atoms with Crippen molar-refractivity contribution in [1.29, 1.82) is 0 Å². The van der Waals surface area contributed by atoms with Gasteiger partial charge in [0, 0.05) is 4.47 Å². The zero-order valence-electron chi connectivity index (χ0n) is 7.61. The van der Waals surface area contributed by atoms with E-state index in [-0.39, 0.29) is 18.4 Å². The Morgan fingerprint density at radius 2 is 2.00 bits per heavy atom. The van der Waals surface area contributed by atoms with Crippen molar-refractivity contribution in [2.45, 2.75) is 24.6 Å². The van der Waals surface area contributed by atoms with Crippen LogP contribution >= 0.6 is 15.9 Å². The number of halogens is 4. The van der Waals surface area contributed by atoms with E-state index in [1.807, 2.05) is 0 Å². The average Bonchev–Trinajstić information content (AvgIpc) is 2.43. The Kier molecular flexibility index (Phi) is 2.35. The van der Waals surface area contributed by atoms with Gasteiger partial charge in [-0.3, -0.25) is 0 Å². The fourth-order valence-electron chi connectivity index (χ4n) is 1.92. The highest BCUT2D eigenvalue weighted by molar-refractivity contribution is 9.10. The average molecular weight is 281 g/mol. The Balaban J connectivity index is 2.53. The highest BCUT2D eigenvalue weighted by Crippen LogP contribution is 2.48. The maximum absolute atomic E-state index is 12.7. The number of hydrogen-bond acceptors (Lipinski definition) is 1. The maximum atomic E-state index is 12.7. The molecule has 82 valence electrons. The van der Waals surface area contributed by atoms with Crippen LogP contribution in [-0.4, -0.2) is 11.3 Å². The molecule has 5 heteroatoms. The molecule has 1 aromatic carbocycles. The first-order valence-corrected chi connectivity index (χ1v) is 5.22. The largest absolute Gasteiger partial charge is 0.421 e. The van der Waals surface area contributed by atoms with Gasteiger partial charge in [0.15, 0.2) is 5.60 Å². The SMILES string of the molecule is OC1(C(F)(F)F)CCc2cc(Br)ccc21. The lowest BCUT2D eigenvalue weighted by Gasteiger charge is -2.26. The monoisotopic (exact) mass is 280 g/mol. The fraction of sp³-hybridized carbons (Fsp3) is 0.400. The van der Waals surface area contributed by atoms with Crippen molar-refractivity contribution in [2.75, 3.05) is 0 Å². The van der Waals surface area contributed by atoms with Crippen LogP contribution in [-0.2, 0) is 12.0 Å². The van der Waals surface area contributed by atoms with Crippen LogP contribution in [0.25, 0.3) is 0 Å². The summed E-state index contributed by atoms with van der Waals surface area (Å²) in [6, 6.07) is 4.47. The number of benzene rings is 1. The molecule has 0 bridgehead atoms. The lowest BCUT2D eigenvalue weighted by Crippen LogP contribution is -2.40. The van der Waals surface area contributed by atoms with Crippen molar-refractivity contribution >= 4 is 15.9 Å². The molecule has 1 aliphatic rings. The minimum absolute atomic E-state index is 0.0156. The molecule has 0 amide bonds. The molecule has 0 saturated heterocycles. The van der Waals surface area contributed by atoms with Gasteiger partial charge in [-0.05, 0) is 36.1 Å². The summed E-state index contributed by atoms with van der Waals surface area (Å²) < 4.78 is 38.7. The molecule has 1 aromatic rings. The summed E-state index contributed by atoms with van der Waals surface area (Å²) in [5.74, 6) is 0. The lowest BCUT2D eigenvalue weighted by atomic mass is 9.95. The van der Waals surface area contributed by atoms with Crippen molar-refractivity contribution in [2.24, 2.45) is 0 Å². The normalized spacial score (nSPS) is 25.4. The molecule has 1 unspecified atom stereocenters. The summed E-state index contributed by atoms with van der Waals surface area (Å²) in [7, 11) is 0. The molecule has 1 nitrogen and oxygen atoms in total. The quantitative estimate of drug-likeness (QED) is 0.774. The predicted molar refractivity (Wildman–Crippen MR) is 52.4 cm³/mol. The standard InChI is InChI=1S/C10H8BrF3O/c11-7-1-2-8-6(5-7)3-4-9(8,15)10(12,13)14/h1-2,5,15H,3-4H2. The van der Waals surface area contributed by atoms with Crippen molar-refractivity contribution < 1.29 is 18.3 Å². The van der Waals surface area contributed by atoms with Crippen molar-refractivity contribution in [3.8, 4) is 0 Å². The number of rotatable bonds is 0. The third kappa shape index (κ3) is 1.58. The van der Waals surface area contributed by atoms with E-state index in [0.717, 1.165) is 4.47 Å². The van der Waals surface area contributed by atoms with Crippen molar-refractivity contribution in [3.63, 3.8) is 0 Å². The van der Waals surface area contributed by atoms with E-state index in [4.69, 9.17) is 0 Å². The number of fused-ring (bicyclic) bond motifs is 1. The molecule has 2 rings (SSSR count). The van der Waals surface area contributed by atoms with Crippen LogP contribution in [0.15, 0.2) is 22.7 Å². The first kappa shape index (κ1) is 11.0. The third-order valence-corrected chi connectivity index (χ3v) is 3.23. The molecule has 0 spiro atoms. The molecule has 0 radical (unpaired) electrons. The Morgan fingerprint density at radius 3 is 2.60 bits per heavy atom. The Bertz CT molecular complexity index is 402. The molecular weight excluding hydrogens is 273 g/mol. The van der Waals surface area contributed by atoms with Crippen LogP contribution in [0.1, 0.15) is 17.5 Å². The van der Waals surface area contributed by atoms with E-state index in [2.05, 4.69) is 15.9 Å². The van der Waals surface area contributed by atoms with Gasteiger partial charge in [0.25, 0.3) is 0 Å². The van der Waals surface area contributed by atoms with Gasteiger partial charge in [-0.15, -0.1) is 0 Å². The fourth-order valence-corrected chi connectivity index (χ4v) is 2.33. The van der Waals surface area contributed by atoms with Crippen molar-refractivity contribution in [1.82, 2.24) is 0 Å². The summed E-state index contributed by atoms with van der Waals surface area (Å²) in [6.07, 6.45) is -4.64. The summed E-state index contributed by atoms with van der Waals surface area (Å²) >= 11 is 3.19. The van der Waals surface area contributed by atoms with Crippen LogP contribution in [0.2, 0.25) is 0 Å². The van der Waals surface area contributed by atoms with E-state index in [1.165, 1.54) is 12.1 Å². The first-order chi connectivity index (χ1) is 6.84. The molecule has 0 fully saturated rings.